The number of quaternary nitrogens is 1. The van der Waals surface area contributed by atoms with Crippen molar-refractivity contribution in [1.82, 2.24) is 0 Å². The zero-order valence-corrected chi connectivity index (χ0v) is 54.7. The minimum absolute atomic E-state index is 0.00680. The number of hydrogen-bond acceptors (Lipinski definition) is 22. The van der Waals surface area contributed by atoms with Crippen molar-refractivity contribution < 1.29 is 116 Å². The van der Waals surface area contributed by atoms with Gasteiger partial charge >= 0.3 is 5.97 Å². The first-order valence-electron chi connectivity index (χ1n) is 33.3. The topological polar surface area (TPSA) is 431 Å². The molecule has 88 heavy (non-hydrogen) atoms. The number of carbonyl (C=O) groups excluding carboxylic acids is 1. The number of ether oxygens (including phenoxy) is 1. The Balaban J connectivity index is 9.64. The molecule has 0 spiro atoms. The quantitative estimate of drug-likeness (QED) is 0.0178. The van der Waals surface area contributed by atoms with Gasteiger partial charge in [0.1, 0.15) is 18.2 Å². The number of likely N-dealkylation sites (N-methyl/N-ethyl adjacent to an activating group) is 1. The van der Waals surface area contributed by atoms with Gasteiger partial charge in [-0.25, -0.2) is 0 Å². The van der Waals surface area contributed by atoms with E-state index in [0.29, 0.717) is 19.3 Å². The Bertz CT molecular complexity index is 1690. The van der Waals surface area contributed by atoms with Crippen LogP contribution in [0.2, 0.25) is 0 Å². The number of hydrogen-bond donors (Lipinski definition) is 20. The number of unbranched alkanes of at least 4 members (excludes halogenated alkanes) is 15. The van der Waals surface area contributed by atoms with Crippen molar-refractivity contribution in [2.45, 2.75) is 286 Å². The highest BCUT2D eigenvalue weighted by atomic mass is 16.5. The van der Waals surface area contributed by atoms with Crippen molar-refractivity contribution in [3.05, 3.63) is 12.2 Å². The van der Waals surface area contributed by atoms with Gasteiger partial charge in [-0.15, -0.1) is 0 Å². The number of allylic oxidation sites excluding steroid dienone is 2. The van der Waals surface area contributed by atoms with E-state index in [1.165, 1.54) is 52.6 Å². The summed E-state index contributed by atoms with van der Waals surface area (Å²) < 4.78 is 5.43. The Kier molecular flexibility index (Phi) is 45.6. The van der Waals surface area contributed by atoms with Gasteiger partial charge in [-0.1, -0.05) is 109 Å². The molecule has 23 nitrogen and oxygen atoms in total. The fraction of sp³-hybridized carbons (Fsp3) is 0.954. The average Bonchev–Trinajstić information content (AvgIpc) is 0.806. The van der Waals surface area contributed by atoms with Crippen LogP contribution < -0.4 is 0 Å². The summed E-state index contributed by atoms with van der Waals surface area (Å²) in [5.74, 6) is -0.603. The molecular formula is C65H130NO22+. The Morgan fingerprint density at radius 1 is 0.375 bits per heavy atom. The molecular weight excluding hydrogens is 1150 g/mol. The molecule has 0 bridgehead atoms. The molecule has 0 aliphatic carbocycles. The SMILES string of the molecule is CCCCCCCCC=CCCCCCCCC(=O)OC(C)C[N+](C)(C)C(CC(O)CO)(CC(O)CO)C(CC(O)CO)(CC(O)CO)C(CC(O)CO)(CC(O)CO)C(CC(O)CO)(CC(O)CO)C(CCCCCCC)(CC(O)CO)CC(O)CO. The molecule has 20 N–H and O–H groups in total. The molecule has 0 saturated carbocycles. The molecule has 0 aromatic carbocycles. The highest BCUT2D eigenvalue weighted by molar-refractivity contribution is 5.69. The van der Waals surface area contributed by atoms with E-state index in [9.17, 15) is 107 Å². The predicted molar refractivity (Wildman–Crippen MR) is 335 cm³/mol. The summed E-state index contributed by atoms with van der Waals surface area (Å²) in [5.41, 5.74) is -12.3. The maximum absolute atomic E-state index is 13.9. The van der Waals surface area contributed by atoms with Gasteiger partial charge in [0.05, 0.1) is 141 Å². The van der Waals surface area contributed by atoms with Crippen LogP contribution in [-0.4, -0.2) is 272 Å². The van der Waals surface area contributed by atoms with Crippen molar-refractivity contribution in [3.8, 4) is 0 Å². The van der Waals surface area contributed by atoms with Crippen LogP contribution in [0, 0.1) is 21.7 Å². The lowest BCUT2D eigenvalue weighted by atomic mass is 9.31. The molecule has 0 aromatic heterocycles. The number of aliphatic hydroxyl groups excluding tert-OH is 20. The molecule has 11 unspecified atom stereocenters. The maximum Gasteiger partial charge on any atom is 0.306 e. The number of nitrogens with zero attached hydrogens (tertiary/aromatic N) is 1. The molecule has 0 saturated heterocycles. The summed E-state index contributed by atoms with van der Waals surface area (Å²) in [4.78, 5) is 13.9. The number of carbonyl (C=O) groups is 1. The second kappa shape index (κ2) is 46.5. The minimum Gasteiger partial charge on any atom is -0.457 e. The maximum atomic E-state index is 13.9. The first-order chi connectivity index (χ1) is 41.7. The van der Waals surface area contributed by atoms with Gasteiger partial charge in [-0.2, -0.15) is 0 Å². The van der Waals surface area contributed by atoms with E-state index >= 15 is 0 Å². The van der Waals surface area contributed by atoms with Gasteiger partial charge in [0.25, 0.3) is 0 Å². The standard InChI is InChI=1S/C65H130NO22/c1-6-8-10-12-13-14-15-16-17-18-19-20-21-22-24-26-60(87)88-49(3)38-66(4,5)65(36-58(85)47-75,37-59(86)48-76)64(34-56(83)45-73,35-57(84)46-74)63(32-54(81)43-71,33-55(82)44-72)62(30-52(79)41-69,31-53(80)42-70)61(28-50(77)39-67,29-51(78)40-68)27-25-23-11-9-7-2/h16-17,49-59,67-86H,6-15,18-48H2,1-5H3/q+1. The third-order valence-electron chi connectivity index (χ3n) is 19.4. The Hall–Kier alpha value is -1.63. The molecule has 11 atom stereocenters. The van der Waals surface area contributed by atoms with Crippen molar-refractivity contribution in [1.29, 1.82) is 0 Å². The first-order valence-corrected chi connectivity index (χ1v) is 33.3. The molecule has 0 aliphatic heterocycles. The Morgan fingerprint density at radius 3 is 1.01 bits per heavy atom. The number of aliphatic hydroxyl groups is 20. The molecule has 0 fully saturated rings. The molecule has 23 heteroatoms. The van der Waals surface area contributed by atoms with E-state index in [4.69, 9.17) is 4.74 Å². The van der Waals surface area contributed by atoms with Crippen LogP contribution in [-0.2, 0) is 9.53 Å². The summed E-state index contributed by atoms with van der Waals surface area (Å²) in [7, 11) is 3.06. The van der Waals surface area contributed by atoms with Crippen molar-refractivity contribution in [3.63, 3.8) is 0 Å². The number of esters is 1. The van der Waals surface area contributed by atoms with Crippen LogP contribution in [0.4, 0.5) is 0 Å². The zero-order chi connectivity index (χ0) is 67.0. The molecule has 526 valence electrons. The molecule has 0 aliphatic rings. The smallest absolute Gasteiger partial charge is 0.306 e. The van der Waals surface area contributed by atoms with Gasteiger partial charge < -0.3 is 111 Å². The summed E-state index contributed by atoms with van der Waals surface area (Å²) in [6.07, 6.45) is -9.09. The van der Waals surface area contributed by atoms with Crippen LogP contribution in [0.3, 0.4) is 0 Å². The normalized spacial score (nSPS) is 19.9. The van der Waals surface area contributed by atoms with E-state index in [1.807, 2.05) is 6.92 Å². The zero-order valence-electron chi connectivity index (χ0n) is 54.7. The van der Waals surface area contributed by atoms with Crippen molar-refractivity contribution in [2.75, 3.05) is 86.7 Å². The first kappa shape index (κ1) is 86.4. The van der Waals surface area contributed by atoms with Crippen LogP contribution in [0.5, 0.6) is 0 Å². The summed E-state index contributed by atoms with van der Waals surface area (Å²) in [6, 6.07) is 0. The molecule has 0 radical (unpaired) electrons. The number of rotatable bonds is 59. The van der Waals surface area contributed by atoms with Gasteiger partial charge in [-0.3, -0.25) is 4.79 Å². The third kappa shape index (κ3) is 27.0. The average molecular weight is 1280 g/mol. The minimum atomic E-state index is -2.68. The summed E-state index contributed by atoms with van der Waals surface area (Å²) in [6.45, 7) is -5.57. The van der Waals surface area contributed by atoms with Gasteiger partial charge in [-0.05, 0) is 113 Å². The third-order valence-corrected chi connectivity index (χ3v) is 19.4. The fourth-order valence-corrected chi connectivity index (χ4v) is 15.8. The van der Waals surface area contributed by atoms with Crippen LogP contribution in [0.1, 0.15) is 213 Å². The highest BCUT2D eigenvalue weighted by Gasteiger charge is 2.78. The van der Waals surface area contributed by atoms with E-state index in [1.54, 1.807) is 6.92 Å². The molecule has 0 aromatic rings. The van der Waals surface area contributed by atoms with Crippen molar-refractivity contribution >= 4 is 5.97 Å². The van der Waals surface area contributed by atoms with E-state index < -0.39 is 235 Å². The monoisotopic (exact) mass is 1280 g/mol. The lowest BCUT2D eigenvalue weighted by molar-refractivity contribution is -0.958. The molecule has 0 heterocycles. The van der Waals surface area contributed by atoms with E-state index in [0.717, 1.165) is 51.4 Å². The van der Waals surface area contributed by atoms with Crippen LogP contribution in [0.15, 0.2) is 12.2 Å². The Labute approximate surface area is 527 Å². The summed E-state index contributed by atoms with van der Waals surface area (Å²) >= 11 is 0. The summed E-state index contributed by atoms with van der Waals surface area (Å²) in [5, 5.41) is 235. The van der Waals surface area contributed by atoms with Crippen LogP contribution in [0.25, 0.3) is 0 Å². The van der Waals surface area contributed by atoms with Gasteiger partial charge in [0.15, 0.2) is 0 Å². The molecule has 0 amide bonds. The van der Waals surface area contributed by atoms with Gasteiger partial charge in [0, 0.05) is 24.7 Å². The largest absolute Gasteiger partial charge is 0.457 e. The van der Waals surface area contributed by atoms with Crippen LogP contribution >= 0.6 is 0 Å². The second-order valence-electron chi connectivity index (χ2n) is 26.6. The lowest BCUT2D eigenvalue weighted by Crippen LogP contribution is -2.79. The highest BCUT2D eigenvalue weighted by Crippen LogP contribution is 2.77. The fourth-order valence-electron chi connectivity index (χ4n) is 15.8. The van der Waals surface area contributed by atoms with E-state index in [-0.39, 0.29) is 25.8 Å². The Morgan fingerprint density at radius 2 is 0.659 bits per heavy atom. The lowest BCUT2D eigenvalue weighted by Gasteiger charge is -2.75. The van der Waals surface area contributed by atoms with Gasteiger partial charge in [0.2, 0.25) is 0 Å². The molecule has 0 rings (SSSR count). The van der Waals surface area contributed by atoms with Crippen molar-refractivity contribution in [2.24, 2.45) is 21.7 Å². The predicted octanol–water partition coefficient (Wildman–Crippen LogP) is 1.51. The second-order valence-corrected chi connectivity index (χ2v) is 26.6. The van der Waals surface area contributed by atoms with E-state index in [2.05, 4.69) is 19.1 Å².